The second-order valence-corrected chi connectivity index (χ2v) is 7.81. The number of likely N-dealkylation sites (tertiary alicyclic amines) is 1. The minimum absolute atomic E-state index is 0.0127. The number of ketones is 1. The van der Waals surface area contributed by atoms with Crippen molar-refractivity contribution in [2.24, 2.45) is 0 Å². The number of benzene rings is 1. The van der Waals surface area contributed by atoms with Gasteiger partial charge in [-0.2, -0.15) is 0 Å². The van der Waals surface area contributed by atoms with Crippen molar-refractivity contribution >= 4 is 11.7 Å². The molecule has 1 aliphatic carbocycles. The monoisotopic (exact) mass is 380 g/mol. The predicted octanol–water partition coefficient (Wildman–Crippen LogP) is 3.59. The number of Topliss-reactive ketones (excluding diaryl/α,β-unsaturated/α-hetero) is 1. The number of aryl methyl sites for hydroxylation is 1. The molecule has 1 N–H and O–H groups in total. The van der Waals surface area contributed by atoms with E-state index in [2.05, 4.69) is 4.98 Å². The first-order chi connectivity index (χ1) is 13.6. The topological polar surface area (TPSA) is 71.6 Å². The highest BCUT2D eigenvalue weighted by Gasteiger charge is 2.35. The Morgan fingerprint density at radius 2 is 1.96 bits per heavy atom. The summed E-state index contributed by atoms with van der Waals surface area (Å²) in [7, 11) is 0. The molecule has 1 fully saturated rings. The van der Waals surface area contributed by atoms with Crippen molar-refractivity contribution in [2.75, 3.05) is 19.8 Å². The van der Waals surface area contributed by atoms with Gasteiger partial charge in [-0.15, -0.1) is 0 Å². The Kier molecular flexibility index (Phi) is 4.14. The van der Waals surface area contributed by atoms with Gasteiger partial charge in [0.25, 0.3) is 5.91 Å². The molecule has 146 valence electrons. The second kappa shape index (κ2) is 6.69. The molecule has 6 heteroatoms. The van der Waals surface area contributed by atoms with Gasteiger partial charge in [-0.1, -0.05) is 6.07 Å². The van der Waals surface area contributed by atoms with Gasteiger partial charge in [0.05, 0.1) is 6.04 Å². The number of amides is 1. The molecule has 1 saturated heterocycles. The molecule has 1 unspecified atom stereocenters. The Labute approximate surface area is 163 Å². The smallest absolute Gasteiger partial charge is 0.271 e. The molecule has 0 saturated carbocycles. The summed E-state index contributed by atoms with van der Waals surface area (Å²) >= 11 is 0. The summed E-state index contributed by atoms with van der Waals surface area (Å²) in [6, 6.07) is 5.97. The lowest BCUT2D eigenvalue weighted by Gasteiger charge is -2.26. The van der Waals surface area contributed by atoms with E-state index < -0.39 is 0 Å². The molecule has 2 aliphatic heterocycles. The fraction of sp³-hybridized carbons (Fsp3) is 0.455. The first-order valence-corrected chi connectivity index (χ1v) is 10.1. The summed E-state index contributed by atoms with van der Waals surface area (Å²) in [4.78, 5) is 30.9. The van der Waals surface area contributed by atoms with Gasteiger partial charge in [0, 0.05) is 24.2 Å². The van der Waals surface area contributed by atoms with Gasteiger partial charge in [0.1, 0.15) is 18.9 Å². The average Bonchev–Trinajstić information content (AvgIpc) is 3.33. The van der Waals surface area contributed by atoms with E-state index in [0.717, 1.165) is 66.1 Å². The number of aromatic nitrogens is 1. The van der Waals surface area contributed by atoms with Gasteiger partial charge in [-0.3, -0.25) is 9.59 Å². The summed E-state index contributed by atoms with van der Waals surface area (Å²) < 4.78 is 11.3. The standard InChI is InChI=1S/C22H24N2O4/c1-13-20-15(4-2-6-17(20)25)23-21(13)22(26)24-9-3-5-16(24)14-7-8-18-19(12-14)28-11-10-27-18/h7-8,12,16,23H,2-6,9-11H2,1H3. The first kappa shape index (κ1) is 17.3. The molecule has 0 radical (unpaired) electrons. The van der Waals surface area contributed by atoms with Crippen LogP contribution < -0.4 is 9.47 Å². The molecule has 3 aliphatic rings. The van der Waals surface area contributed by atoms with Crippen LogP contribution in [0.5, 0.6) is 11.5 Å². The fourth-order valence-electron chi connectivity index (χ4n) is 4.76. The van der Waals surface area contributed by atoms with Crippen LogP contribution in [0.3, 0.4) is 0 Å². The molecular formula is C22H24N2O4. The lowest BCUT2D eigenvalue weighted by Crippen LogP contribution is -2.31. The quantitative estimate of drug-likeness (QED) is 0.864. The number of rotatable bonds is 2. The molecule has 0 bridgehead atoms. The zero-order valence-electron chi connectivity index (χ0n) is 16.0. The number of hydrogen-bond acceptors (Lipinski definition) is 4. The molecule has 1 aromatic carbocycles. The van der Waals surface area contributed by atoms with Crippen LogP contribution in [0.2, 0.25) is 0 Å². The number of carbonyl (C=O) groups excluding carboxylic acids is 2. The minimum atomic E-state index is -0.0166. The van der Waals surface area contributed by atoms with E-state index in [1.165, 1.54) is 0 Å². The van der Waals surface area contributed by atoms with Crippen molar-refractivity contribution in [3.63, 3.8) is 0 Å². The molecule has 6 nitrogen and oxygen atoms in total. The van der Waals surface area contributed by atoms with Crippen molar-refractivity contribution in [1.82, 2.24) is 9.88 Å². The first-order valence-electron chi connectivity index (χ1n) is 10.1. The van der Waals surface area contributed by atoms with Crippen molar-refractivity contribution in [3.8, 4) is 11.5 Å². The van der Waals surface area contributed by atoms with Gasteiger partial charge in [-0.05, 0) is 55.9 Å². The van der Waals surface area contributed by atoms with Crippen LogP contribution in [0.4, 0.5) is 0 Å². The summed E-state index contributed by atoms with van der Waals surface area (Å²) in [6.07, 6.45) is 4.14. The summed E-state index contributed by atoms with van der Waals surface area (Å²) in [5, 5.41) is 0. The SMILES string of the molecule is Cc1c(C(=O)N2CCCC2c2ccc3c(c2)OCCO3)[nH]c2c1C(=O)CCC2. The molecule has 2 aromatic rings. The molecule has 0 spiro atoms. The molecule has 1 aromatic heterocycles. The van der Waals surface area contributed by atoms with Crippen LogP contribution >= 0.6 is 0 Å². The average molecular weight is 380 g/mol. The number of nitrogens with zero attached hydrogens (tertiary/aromatic N) is 1. The van der Waals surface area contributed by atoms with Crippen molar-refractivity contribution in [3.05, 3.63) is 46.3 Å². The zero-order valence-corrected chi connectivity index (χ0v) is 16.0. The lowest BCUT2D eigenvalue weighted by molar-refractivity contribution is 0.0729. The van der Waals surface area contributed by atoms with E-state index >= 15 is 0 Å². The van der Waals surface area contributed by atoms with Gasteiger partial charge < -0.3 is 19.4 Å². The number of H-pyrrole nitrogens is 1. The predicted molar refractivity (Wildman–Crippen MR) is 103 cm³/mol. The Hall–Kier alpha value is -2.76. The van der Waals surface area contributed by atoms with Crippen molar-refractivity contribution in [2.45, 2.75) is 45.1 Å². The molecular weight excluding hydrogens is 356 g/mol. The third-order valence-electron chi connectivity index (χ3n) is 6.12. The second-order valence-electron chi connectivity index (χ2n) is 7.81. The number of carbonyl (C=O) groups is 2. The van der Waals surface area contributed by atoms with Crippen molar-refractivity contribution in [1.29, 1.82) is 0 Å². The van der Waals surface area contributed by atoms with Crippen LogP contribution in [0, 0.1) is 6.92 Å². The number of aromatic amines is 1. The third kappa shape index (κ3) is 2.70. The molecule has 28 heavy (non-hydrogen) atoms. The van der Waals surface area contributed by atoms with Crippen LogP contribution in [0.1, 0.15) is 69.4 Å². The lowest BCUT2D eigenvalue weighted by atomic mass is 9.93. The van der Waals surface area contributed by atoms with E-state index in [0.29, 0.717) is 25.3 Å². The summed E-state index contributed by atoms with van der Waals surface area (Å²) in [5.41, 5.74) is 4.11. The number of fused-ring (bicyclic) bond motifs is 2. The van der Waals surface area contributed by atoms with E-state index in [-0.39, 0.29) is 17.7 Å². The van der Waals surface area contributed by atoms with Gasteiger partial charge in [-0.25, -0.2) is 0 Å². The summed E-state index contributed by atoms with van der Waals surface area (Å²) in [6.45, 7) is 3.72. The van der Waals surface area contributed by atoms with Gasteiger partial charge >= 0.3 is 0 Å². The maximum absolute atomic E-state index is 13.4. The number of nitrogens with one attached hydrogen (secondary N) is 1. The molecule has 3 heterocycles. The molecule has 5 rings (SSSR count). The minimum Gasteiger partial charge on any atom is -0.486 e. The van der Waals surface area contributed by atoms with E-state index in [9.17, 15) is 9.59 Å². The fourth-order valence-corrected chi connectivity index (χ4v) is 4.76. The highest BCUT2D eigenvalue weighted by molar-refractivity contribution is 6.04. The number of hydrogen-bond donors (Lipinski definition) is 1. The zero-order chi connectivity index (χ0) is 19.3. The Morgan fingerprint density at radius 1 is 1.14 bits per heavy atom. The molecule has 1 atom stereocenters. The van der Waals surface area contributed by atoms with Crippen LogP contribution in [-0.4, -0.2) is 41.3 Å². The Morgan fingerprint density at radius 3 is 2.79 bits per heavy atom. The highest BCUT2D eigenvalue weighted by Crippen LogP contribution is 2.39. The van der Waals surface area contributed by atoms with E-state index in [1.807, 2.05) is 30.0 Å². The van der Waals surface area contributed by atoms with Gasteiger partial charge in [0.2, 0.25) is 0 Å². The van der Waals surface area contributed by atoms with Crippen molar-refractivity contribution < 1.29 is 19.1 Å². The largest absolute Gasteiger partial charge is 0.486 e. The highest BCUT2D eigenvalue weighted by atomic mass is 16.6. The molecule has 1 amide bonds. The maximum Gasteiger partial charge on any atom is 0.271 e. The van der Waals surface area contributed by atoms with E-state index in [1.54, 1.807) is 0 Å². The maximum atomic E-state index is 13.4. The van der Waals surface area contributed by atoms with Crippen LogP contribution in [-0.2, 0) is 6.42 Å². The normalized spacial score (nSPS) is 21.0. The van der Waals surface area contributed by atoms with E-state index in [4.69, 9.17) is 9.47 Å². The van der Waals surface area contributed by atoms with Gasteiger partial charge in [0.15, 0.2) is 17.3 Å². The number of ether oxygens (including phenoxy) is 2. The Balaban J connectivity index is 1.46. The Bertz CT molecular complexity index is 962. The van der Waals surface area contributed by atoms with Crippen LogP contribution in [0.25, 0.3) is 0 Å². The van der Waals surface area contributed by atoms with Crippen LogP contribution in [0.15, 0.2) is 18.2 Å². The summed E-state index contributed by atoms with van der Waals surface area (Å²) in [5.74, 6) is 1.65. The third-order valence-corrected chi connectivity index (χ3v) is 6.12.